The molecule has 0 unspecified atom stereocenters. The number of carbonyl (C=O) groups is 1. The molecule has 1 aliphatic rings. The molecule has 2 amide bonds. The second kappa shape index (κ2) is 9.50. The van der Waals surface area contributed by atoms with Crippen LogP contribution < -0.4 is 15.5 Å². The largest absolute Gasteiger partial charge is 0.416 e. The van der Waals surface area contributed by atoms with Gasteiger partial charge in [0.2, 0.25) is 0 Å². The molecule has 36 heavy (non-hydrogen) atoms. The van der Waals surface area contributed by atoms with E-state index in [1.54, 1.807) is 18.2 Å². The van der Waals surface area contributed by atoms with Crippen LogP contribution in [0.4, 0.5) is 35.2 Å². The molecule has 0 atom stereocenters. The minimum atomic E-state index is -4.44. The predicted octanol–water partition coefficient (Wildman–Crippen LogP) is 5.13. The number of aryl methyl sites for hydroxylation is 1. The van der Waals surface area contributed by atoms with Gasteiger partial charge in [0.05, 0.1) is 24.3 Å². The van der Waals surface area contributed by atoms with Gasteiger partial charge in [-0.15, -0.1) is 0 Å². The Labute approximate surface area is 204 Å². The first-order chi connectivity index (χ1) is 17.3. The van der Waals surface area contributed by atoms with Crippen LogP contribution >= 0.6 is 0 Å². The van der Waals surface area contributed by atoms with Crippen LogP contribution in [0.3, 0.4) is 0 Å². The van der Waals surface area contributed by atoms with Gasteiger partial charge in [0.15, 0.2) is 11.6 Å². The number of fused-ring (bicyclic) bond motifs is 1. The molecule has 4 aromatic rings. The Kier molecular flexibility index (Phi) is 6.23. The van der Waals surface area contributed by atoms with Crippen molar-refractivity contribution in [3.8, 4) is 11.4 Å². The van der Waals surface area contributed by atoms with Crippen LogP contribution in [-0.4, -0.2) is 46.9 Å². The summed E-state index contributed by atoms with van der Waals surface area (Å²) >= 11 is 0. The highest BCUT2D eigenvalue weighted by Crippen LogP contribution is 2.31. The number of amides is 2. The van der Waals surface area contributed by atoms with Gasteiger partial charge in [0, 0.05) is 43.3 Å². The number of rotatable bonds is 4. The lowest BCUT2D eigenvalue weighted by molar-refractivity contribution is -0.137. The van der Waals surface area contributed by atoms with E-state index < -0.39 is 17.8 Å². The van der Waals surface area contributed by atoms with E-state index in [0.29, 0.717) is 30.3 Å². The molecule has 1 fully saturated rings. The number of halogens is 3. The Balaban J connectivity index is 1.37. The molecule has 8 nitrogen and oxygen atoms in total. The summed E-state index contributed by atoms with van der Waals surface area (Å²) in [4.78, 5) is 24.2. The second-order valence-electron chi connectivity index (χ2n) is 8.37. The third kappa shape index (κ3) is 4.96. The quantitative estimate of drug-likeness (QED) is 0.409. The standard InChI is InChI=1S/C25H23F3N6O2/c1-33-10-9-20-21(33)23(34-11-13-36-14-12-34)32-22(31-20)16-3-2-4-19(15-16)30-24(35)29-18-7-5-17(6-8-18)25(26,27)28/h2-10,15H,11-14H2,1H3,(H2,29,30,35). The molecule has 1 saturated heterocycles. The maximum Gasteiger partial charge on any atom is 0.416 e. The SMILES string of the molecule is Cn1ccc2nc(-c3cccc(NC(=O)Nc4ccc(C(F)(F)F)cc4)c3)nc(N3CCOCC3)c21. The average molecular weight is 496 g/mol. The average Bonchev–Trinajstić information content (AvgIpc) is 3.24. The lowest BCUT2D eigenvalue weighted by atomic mass is 10.2. The fourth-order valence-corrected chi connectivity index (χ4v) is 4.07. The Morgan fingerprint density at radius 1 is 0.972 bits per heavy atom. The van der Waals surface area contributed by atoms with Crippen molar-refractivity contribution < 1.29 is 22.7 Å². The first-order valence-electron chi connectivity index (χ1n) is 11.3. The topological polar surface area (TPSA) is 84.3 Å². The maximum absolute atomic E-state index is 12.7. The number of morpholine rings is 1. The number of ether oxygens (including phenoxy) is 1. The first-order valence-corrected chi connectivity index (χ1v) is 11.3. The number of nitrogens with one attached hydrogen (secondary N) is 2. The van der Waals surface area contributed by atoms with Crippen molar-refractivity contribution in [2.45, 2.75) is 6.18 Å². The van der Waals surface area contributed by atoms with E-state index in [9.17, 15) is 18.0 Å². The highest BCUT2D eigenvalue weighted by molar-refractivity contribution is 6.00. The van der Waals surface area contributed by atoms with Crippen molar-refractivity contribution in [1.82, 2.24) is 14.5 Å². The van der Waals surface area contributed by atoms with Crippen LogP contribution in [0.15, 0.2) is 60.8 Å². The zero-order valence-corrected chi connectivity index (χ0v) is 19.3. The summed E-state index contributed by atoms with van der Waals surface area (Å²) in [5.74, 6) is 1.34. The molecule has 0 spiro atoms. The van der Waals surface area contributed by atoms with Crippen LogP contribution in [0, 0.1) is 0 Å². The predicted molar refractivity (Wildman–Crippen MR) is 131 cm³/mol. The molecule has 0 bridgehead atoms. The van der Waals surface area contributed by atoms with Crippen LogP contribution in [-0.2, 0) is 18.0 Å². The number of aromatic nitrogens is 3. The molecular weight excluding hydrogens is 473 g/mol. The normalized spacial score (nSPS) is 14.2. The number of benzene rings is 2. The lowest BCUT2D eigenvalue weighted by Crippen LogP contribution is -2.37. The van der Waals surface area contributed by atoms with Crippen molar-refractivity contribution in [2.24, 2.45) is 7.05 Å². The van der Waals surface area contributed by atoms with Gasteiger partial charge in [0.25, 0.3) is 0 Å². The van der Waals surface area contributed by atoms with E-state index in [1.807, 2.05) is 29.9 Å². The highest BCUT2D eigenvalue weighted by atomic mass is 19.4. The molecule has 11 heteroatoms. The van der Waals surface area contributed by atoms with Gasteiger partial charge in [-0.3, -0.25) is 0 Å². The third-order valence-electron chi connectivity index (χ3n) is 5.86. The number of nitrogens with zero attached hydrogens (tertiary/aromatic N) is 4. The fraction of sp³-hybridized carbons (Fsp3) is 0.240. The lowest BCUT2D eigenvalue weighted by Gasteiger charge is -2.28. The zero-order chi connectivity index (χ0) is 25.3. The van der Waals surface area contributed by atoms with E-state index in [2.05, 4.69) is 15.5 Å². The van der Waals surface area contributed by atoms with Crippen molar-refractivity contribution >= 4 is 34.3 Å². The molecule has 2 aromatic carbocycles. The summed E-state index contributed by atoms with van der Waals surface area (Å²) in [7, 11) is 1.95. The first kappa shape index (κ1) is 23.6. The number of urea groups is 1. The van der Waals surface area contributed by atoms with Crippen LogP contribution in [0.5, 0.6) is 0 Å². The Morgan fingerprint density at radius 3 is 2.42 bits per heavy atom. The van der Waals surface area contributed by atoms with E-state index in [1.165, 1.54) is 12.1 Å². The Hall–Kier alpha value is -4.12. The second-order valence-corrected chi connectivity index (χ2v) is 8.37. The van der Waals surface area contributed by atoms with E-state index in [0.717, 1.165) is 42.1 Å². The summed E-state index contributed by atoms with van der Waals surface area (Å²) < 4.78 is 45.7. The molecule has 5 rings (SSSR count). The molecule has 1 aliphatic heterocycles. The number of carbonyl (C=O) groups excluding carboxylic acids is 1. The molecule has 0 saturated carbocycles. The summed E-state index contributed by atoms with van der Waals surface area (Å²) in [6.45, 7) is 2.70. The van der Waals surface area contributed by atoms with E-state index in [4.69, 9.17) is 14.7 Å². The van der Waals surface area contributed by atoms with Crippen molar-refractivity contribution in [1.29, 1.82) is 0 Å². The maximum atomic E-state index is 12.7. The smallest absolute Gasteiger partial charge is 0.378 e. The van der Waals surface area contributed by atoms with Crippen LogP contribution in [0.25, 0.3) is 22.4 Å². The van der Waals surface area contributed by atoms with E-state index in [-0.39, 0.29) is 5.69 Å². The monoisotopic (exact) mass is 496 g/mol. The van der Waals surface area contributed by atoms with Crippen molar-refractivity contribution in [3.63, 3.8) is 0 Å². The van der Waals surface area contributed by atoms with Gasteiger partial charge in [-0.1, -0.05) is 12.1 Å². The summed E-state index contributed by atoms with van der Waals surface area (Å²) in [6.07, 6.45) is -2.50. The molecule has 2 aromatic heterocycles. The van der Waals surface area contributed by atoms with Gasteiger partial charge >= 0.3 is 12.2 Å². The minimum absolute atomic E-state index is 0.240. The van der Waals surface area contributed by atoms with Gasteiger partial charge in [-0.25, -0.2) is 14.8 Å². The Morgan fingerprint density at radius 2 is 1.69 bits per heavy atom. The van der Waals surface area contributed by atoms with Crippen LogP contribution in [0.1, 0.15) is 5.56 Å². The number of hydrogen-bond acceptors (Lipinski definition) is 5. The summed E-state index contributed by atoms with van der Waals surface area (Å²) in [5.41, 5.74) is 2.40. The van der Waals surface area contributed by atoms with Crippen molar-refractivity contribution in [2.75, 3.05) is 41.8 Å². The number of hydrogen-bond donors (Lipinski definition) is 2. The Bertz CT molecular complexity index is 1400. The van der Waals surface area contributed by atoms with Gasteiger partial charge in [-0.2, -0.15) is 13.2 Å². The minimum Gasteiger partial charge on any atom is -0.378 e. The third-order valence-corrected chi connectivity index (χ3v) is 5.86. The number of alkyl halides is 3. The van der Waals surface area contributed by atoms with Crippen LogP contribution in [0.2, 0.25) is 0 Å². The van der Waals surface area contributed by atoms with Gasteiger partial charge in [-0.05, 0) is 42.5 Å². The molecular formula is C25H23F3N6O2. The highest BCUT2D eigenvalue weighted by Gasteiger charge is 2.30. The molecule has 0 aliphatic carbocycles. The van der Waals surface area contributed by atoms with Gasteiger partial charge < -0.3 is 24.8 Å². The van der Waals surface area contributed by atoms with Gasteiger partial charge in [0.1, 0.15) is 5.52 Å². The molecule has 0 radical (unpaired) electrons. The molecule has 2 N–H and O–H groups in total. The van der Waals surface area contributed by atoms with Crippen molar-refractivity contribution in [3.05, 3.63) is 66.4 Å². The molecule has 186 valence electrons. The summed E-state index contributed by atoms with van der Waals surface area (Å²) in [6, 6.07) is 12.7. The molecule has 3 heterocycles. The van der Waals surface area contributed by atoms with E-state index >= 15 is 0 Å². The zero-order valence-electron chi connectivity index (χ0n) is 19.3. The fourth-order valence-electron chi connectivity index (χ4n) is 4.07. The summed E-state index contributed by atoms with van der Waals surface area (Å²) in [5, 5.41) is 5.24. The number of anilines is 3.